The molecule has 2 saturated heterocycles. The number of hydrogen-bond donors (Lipinski definition) is 1. The van der Waals surface area contributed by atoms with E-state index in [1.807, 2.05) is 19.1 Å². The van der Waals surface area contributed by atoms with Crippen LogP contribution in [0.3, 0.4) is 0 Å². The lowest BCUT2D eigenvalue weighted by molar-refractivity contribution is -0.0553. The van der Waals surface area contributed by atoms with Crippen molar-refractivity contribution in [3.63, 3.8) is 0 Å². The molecule has 5 rings (SSSR count). The van der Waals surface area contributed by atoms with Crippen LogP contribution in [0.5, 0.6) is 0 Å². The van der Waals surface area contributed by atoms with E-state index in [0.29, 0.717) is 18.0 Å². The van der Waals surface area contributed by atoms with E-state index >= 15 is 0 Å². The zero-order valence-corrected chi connectivity index (χ0v) is 21.3. The van der Waals surface area contributed by atoms with Gasteiger partial charge in [-0.25, -0.2) is 8.42 Å². The lowest BCUT2D eigenvalue weighted by atomic mass is 9.74. The normalized spacial score (nSPS) is 23.7. The van der Waals surface area contributed by atoms with Crippen LogP contribution in [0.25, 0.3) is 11.1 Å². The molecule has 3 aromatic carbocycles. The average Bonchev–Trinajstić information content (AvgIpc) is 2.84. The zero-order chi connectivity index (χ0) is 24.6. The lowest BCUT2D eigenvalue weighted by Crippen LogP contribution is -2.67. The molecule has 2 fully saturated rings. The highest BCUT2D eigenvalue weighted by atomic mass is 32.2. The Bertz CT molecular complexity index is 1270. The molecule has 184 valence electrons. The van der Waals surface area contributed by atoms with Gasteiger partial charge in [-0.2, -0.15) is 4.31 Å². The molecule has 0 bridgehead atoms. The summed E-state index contributed by atoms with van der Waals surface area (Å²) in [5.74, 6) is 0.0976. The summed E-state index contributed by atoms with van der Waals surface area (Å²) in [6.07, 6.45) is 1.74. The van der Waals surface area contributed by atoms with Gasteiger partial charge >= 0.3 is 0 Å². The van der Waals surface area contributed by atoms with Gasteiger partial charge in [-0.05, 0) is 67.6 Å². The summed E-state index contributed by atoms with van der Waals surface area (Å²) in [6, 6.07) is 24.3. The number of benzene rings is 3. The highest BCUT2D eigenvalue weighted by Crippen LogP contribution is 2.43. The van der Waals surface area contributed by atoms with Gasteiger partial charge in [0.15, 0.2) is 0 Å². The Morgan fingerprint density at radius 3 is 2.17 bits per heavy atom. The predicted molar refractivity (Wildman–Crippen MR) is 140 cm³/mol. The van der Waals surface area contributed by atoms with Crippen LogP contribution in [0, 0.1) is 13.8 Å². The molecule has 1 N–H and O–H groups in total. The van der Waals surface area contributed by atoms with E-state index in [4.69, 9.17) is 0 Å². The molecule has 0 spiro atoms. The molecule has 0 amide bonds. The van der Waals surface area contributed by atoms with Crippen molar-refractivity contribution in [3.05, 3.63) is 89.5 Å². The summed E-state index contributed by atoms with van der Waals surface area (Å²) in [6.45, 7) is 5.95. The first-order valence-corrected chi connectivity index (χ1v) is 13.9. The SMILES string of the molecule is Cc1ccc(-c2ccc([C@@H]3[C@H](CO)N4CCCCN(S(=O)(=O)c5cccc(C)c5)C[C@@H]34)cc2)cc1. The molecular formula is C29H34N2O3S. The molecule has 2 heterocycles. The Morgan fingerprint density at radius 2 is 1.51 bits per heavy atom. The minimum absolute atomic E-state index is 0.0202. The Labute approximate surface area is 209 Å². The Kier molecular flexibility index (Phi) is 6.82. The van der Waals surface area contributed by atoms with Crippen molar-refractivity contribution in [2.75, 3.05) is 26.2 Å². The molecule has 5 nitrogen and oxygen atoms in total. The number of rotatable bonds is 5. The van der Waals surface area contributed by atoms with Crippen molar-refractivity contribution < 1.29 is 13.5 Å². The van der Waals surface area contributed by atoms with Gasteiger partial charge in [0.2, 0.25) is 10.0 Å². The highest BCUT2D eigenvalue weighted by Gasteiger charge is 2.50. The van der Waals surface area contributed by atoms with Crippen LogP contribution in [0.1, 0.15) is 35.4 Å². The van der Waals surface area contributed by atoms with Gasteiger partial charge in [-0.15, -0.1) is 0 Å². The summed E-state index contributed by atoms with van der Waals surface area (Å²) >= 11 is 0. The first kappa shape index (κ1) is 24.2. The van der Waals surface area contributed by atoms with E-state index in [1.165, 1.54) is 11.1 Å². The molecule has 3 atom stereocenters. The second-order valence-corrected chi connectivity index (χ2v) is 11.9. The first-order valence-electron chi connectivity index (χ1n) is 12.5. The minimum atomic E-state index is -3.58. The Balaban J connectivity index is 1.42. The zero-order valence-electron chi connectivity index (χ0n) is 20.5. The van der Waals surface area contributed by atoms with Crippen LogP contribution in [0.4, 0.5) is 0 Å². The van der Waals surface area contributed by atoms with Crippen molar-refractivity contribution in [1.29, 1.82) is 0 Å². The van der Waals surface area contributed by atoms with Crippen molar-refractivity contribution in [1.82, 2.24) is 9.21 Å². The molecule has 6 heteroatoms. The van der Waals surface area contributed by atoms with E-state index in [0.717, 1.165) is 36.1 Å². The van der Waals surface area contributed by atoms with Crippen molar-refractivity contribution in [2.24, 2.45) is 0 Å². The third kappa shape index (κ3) is 4.68. The molecule has 0 saturated carbocycles. The number of hydrogen-bond acceptors (Lipinski definition) is 4. The molecule has 0 radical (unpaired) electrons. The quantitative estimate of drug-likeness (QED) is 0.569. The Hall–Kier alpha value is -2.51. The van der Waals surface area contributed by atoms with E-state index in [1.54, 1.807) is 16.4 Å². The monoisotopic (exact) mass is 490 g/mol. The summed E-state index contributed by atoms with van der Waals surface area (Å²) in [7, 11) is -3.58. The summed E-state index contributed by atoms with van der Waals surface area (Å²) < 4.78 is 28.8. The van der Waals surface area contributed by atoms with Crippen molar-refractivity contribution in [2.45, 2.75) is 49.6 Å². The first-order chi connectivity index (χ1) is 16.9. The smallest absolute Gasteiger partial charge is 0.243 e. The van der Waals surface area contributed by atoms with E-state index in [2.05, 4.69) is 60.4 Å². The maximum absolute atomic E-state index is 13.6. The van der Waals surface area contributed by atoms with Gasteiger partial charge in [0.1, 0.15) is 0 Å². The molecule has 0 aromatic heterocycles. The van der Waals surface area contributed by atoms with Gasteiger partial charge in [0, 0.05) is 31.1 Å². The molecular weight excluding hydrogens is 456 g/mol. The van der Waals surface area contributed by atoms with Crippen molar-refractivity contribution >= 4 is 10.0 Å². The molecule has 3 aromatic rings. The van der Waals surface area contributed by atoms with Crippen LogP contribution in [-0.2, 0) is 10.0 Å². The highest BCUT2D eigenvalue weighted by molar-refractivity contribution is 7.89. The van der Waals surface area contributed by atoms with Crippen LogP contribution >= 0.6 is 0 Å². The average molecular weight is 491 g/mol. The van der Waals surface area contributed by atoms with Crippen LogP contribution in [0.15, 0.2) is 77.7 Å². The fourth-order valence-corrected chi connectivity index (χ4v) is 7.30. The molecule has 2 aliphatic heterocycles. The van der Waals surface area contributed by atoms with Crippen molar-refractivity contribution in [3.8, 4) is 11.1 Å². The van der Waals surface area contributed by atoms with Gasteiger partial charge in [0.25, 0.3) is 0 Å². The third-order valence-corrected chi connectivity index (χ3v) is 9.50. The molecule has 0 aliphatic carbocycles. The molecule has 0 unspecified atom stereocenters. The minimum Gasteiger partial charge on any atom is -0.395 e. The van der Waals surface area contributed by atoms with E-state index in [-0.39, 0.29) is 24.6 Å². The van der Waals surface area contributed by atoms with Crippen LogP contribution in [-0.4, -0.2) is 61.1 Å². The number of aliphatic hydroxyl groups is 1. The maximum atomic E-state index is 13.6. The predicted octanol–water partition coefficient (Wildman–Crippen LogP) is 4.58. The van der Waals surface area contributed by atoms with E-state index < -0.39 is 10.0 Å². The number of sulfonamides is 1. The lowest BCUT2D eigenvalue weighted by Gasteiger charge is -2.57. The third-order valence-electron chi connectivity index (χ3n) is 7.64. The van der Waals surface area contributed by atoms with Gasteiger partial charge in [0.05, 0.1) is 11.5 Å². The number of nitrogens with zero attached hydrogens (tertiary/aromatic N) is 2. The largest absolute Gasteiger partial charge is 0.395 e. The van der Waals surface area contributed by atoms with Gasteiger partial charge in [-0.1, -0.05) is 66.2 Å². The standard InChI is InChI=1S/C29H34N2O3S/c1-21-8-10-23(11-9-21)24-12-14-25(15-13-24)29-27-19-30(16-3-4-17-31(27)28(29)20-32)35(33,34)26-7-5-6-22(2)18-26/h5-15,18,27-29,32H,3-4,16-17,19-20H2,1-2H3/t27-,28-,29-/m0/s1. The van der Waals surface area contributed by atoms with Gasteiger partial charge < -0.3 is 5.11 Å². The molecule has 2 aliphatic rings. The molecule has 35 heavy (non-hydrogen) atoms. The second kappa shape index (κ2) is 9.86. The number of aryl methyl sites for hydroxylation is 2. The number of aliphatic hydroxyl groups excluding tert-OH is 1. The second-order valence-electron chi connectivity index (χ2n) is 9.96. The van der Waals surface area contributed by atoms with Crippen LogP contribution < -0.4 is 0 Å². The summed E-state index contributed by atoms with van der Waals surface area (Å²) in [4.78, 5) is 2.68. The van der Waals surface area contributed by atoms with Crippen LogP contribution in [0.2, 0.25) is 0 Å². The fraction of sp³-hybridized carbons (Fsp3) is 0.379. The topological polar surface area (TPSA) is 60.9 Å². The maximum Gasteiger partial charge on any atom is 0.243 e. The summed E-state index contributed by atoms with van der Waals surface area (Å²) in [5.41, 5.74) is 5.68. The van der Waals surface area contributed by atoms with Gasteiger partial charge in [-0.3, -0.25) is 4.90 Å². The fourth-order valence-electron chi connectivity index (χ4n) is 5.70. The van der Waals surface area contributed by atoms with E-state index in [9.17, 15) is 13.5 Å². The Morgan fingerprint density at radius 1 is 0.857 bits per heavy atom. The number of fused-ring (bicyclic) bond motifs is 1. The summed E-state index contributed by atoms with van der Waals surface area (Å²) in [5, 5.41) is 10.2.